The minimum Gasteiger partial charge on any atom is -0.489 e. The molecule has 1 amide bonds. The lowest BCUT2D eigenvalue weighted by Crippen LogP contribution is -2.20. The van der Waals surface area contributed by atoms with Gasteiger partial charge in [-0.25, -0.2) is 4.79 Å². The number of hydrogen-bond acceptors (Lipinski definition) is 7. The van der Waals surface area contributed by atoms with Gasteiger partial charge in [0.2, 0.25) is 0 Å². The predicted molar refractivity (Wildman–Crippen MR) is 111 cm³/mol. The summed E-state index contributed by atoms with van der Waals surface area (Å²) in [6.45, 7) is 3.46. The van der Waals surface area contributed by atoms with E-state index >= 15 is 0 Å². The van der Waals surface area contributed by atoms with Crippen LogP contribution < -0.4 is 10.1 Å². The molecule has 0 atom stereocenters. The van der Waals surface area contributed by atoms with Gasteiger partial charge in [0.05, 0.1) is 29.3 Å². The number of aryl methyl sites for hydroxylation is 2. The smallest absolute Gasteiger partial charge is 0.338 e. The SMILES string of the molecule is Cc1noc(C)c1COc1cccc(C(=O)OCC(=O)Nc2ccc(CC#N)cc2)c1. The number of nitriles is 1. The number of nitrogens with one attached hydrogen (secondary N) is 1. The highest BCUT2D eigenvalue weighted by Gasteiger charge is 2.13. The minimum atomic E-state index is -0.637. The van der Waals surface area contributed by atoms with Crippen LogP contribution >= 0.6 is 0 Å². The van der Waals surface area contributed by atoms with E-state index in [-0.39, 0.29) is 12.2 Å². The number of nitrogens with zero attached hydrogens (tertiary/aromatic N) is 2. The Labute approximate surface area is 179 Å². The van der Waals surface area contributed by atoms with Crippen molar-refractivity contribution in [2.24, 2.45) is 0 Å². The van der Waals surface area contributed by atoms with Crippen molar-refractivity contribution < 1.29 is 23.6 Å². The standard InChI is InChI=1S/C23H21N3O5/c1-15-21(16(2)31-26-15)13-29-20-5-3-4-18(12-20)23(28)30-14-22(27)25-19-8-6-17(7-9-19)10-11-24/h3-9,12H,10,13-14H2,1-2H3,(H,25,27). The summed E-state index contributed by atoms with van der Waals surface area (Å²) in [6.07, 6.45) is 0.298. The van der Waals surface area contributed by atoms with Crippen LogP contribution in [0.1, 0.15) is 32.9 Å². The molecule has 0 aliphatic heterocycles. The Bertz CT molecular complexity index is 1090. The molecule has 0 aliphatic rings. The number of aromatic nitrogens is 1. The molecule has 31 heavy (non-hydrogen) atoms. The maximum Gasteiger partial charge on any atom is 0.338 e. The molecule has 3 aromatic rings. The number of hydrogen-bond donors (Lipinski definition) is 1. The van der Waals surface area contributed by atoms with Crippen LogP contribution in [0.15, 0.2) is 53.1 Å². The molecule has 1 N–H and O–H groups in total. The second kappa shape index (κ2) is 10.1. The minimum absolute atomic E-state index is 0.259. The Morgan fingerprint density at radius 3 is 2.61 bits per heavy atom. The molecule has 1 aromatic heterocycles. The quantitative estimate of drug-likeness (QED) is 0.553. The van der Waals surface area contributed by atoms with E-state index in [4.69, 9.17) is 19.3 Å². The van der Waals surface area contributed by atoms with Gasteiger partial charge in [-0.15, -0.1) is 0 Å². The van der Waals surface area contributed by atoms with E-state index in [2.05, 4.69) is 16.5 Å². The van der Waals surface area contributed by atoms with Crippen molar-refractivity contribution >= 4 is 17.6 Å². The molecule has 0 saturated carbocycles. The number of esters is 1. The Balaban J connectivity index is 1.51. The van der Waals surface area contributed by atoms with Gasteiger partial charge in [-0.05, 0) is 49.7 Å². The van der Waals surface area contributed by atoms with Crippen molar-refractivity contribution in [1.82, 2.24) is 5.16 Å². The molecular formula is C23H21N3O5. The Morgan fingerprint density at radius 1 is 1.16 bits per heavy atom. The number of ether oxygens (including phenoxy) is 2. The maximum atomic E-state index is 12.3. The van der Waals surface area contributed by atoms with Gasteiger partial charge >= 0.3 is 5.97 Å². The highest BCUT2D eigenvalue weighted by Crippen LogP contribution is 2.19. The first-order valence-corrected chi connectivity index (χ1v) is 9.53. The molecule has 1 heterocycles. The molecule has 2 aromatic carbocycles. The zero-order valence-electron chi connectivity index (χ0n) is 17.2. The lowest BCUT2D eigenvalue weighted by molar-refractivity contribution is -0.119. The van der Waals surface area contributed by atoms with Gasteiger partial charge in [0.15, 0.2) is 6.61 Å². The fraction of sp³-hybridized carbons (Fsp3) is 0.217. The Morgan fingerprint density at radius 2 is 1.94 bits per heavy atom. The van der Waals surface area contributed by atoms with Crippen molar-refractivity contribution in [3.63, 3.8) is 0 Å². The van der Waals surface area contributed by atoms with Crippen LogP contribution in [0, 0.1) is 25.2 Å². The lowest BCUT2D eigenvalue weighted by atomic mass is 10.1. The summed E-state index contributed by atoms with van der Waals surface area (Å²) in [5.74, 6) is 0.0599. The van der Waals surface area contributed by atoms with Gasteiger partial charge in [-0.2, -0.15) is 5.26 Å². The summed E-state index contributed by atoms with van der Waals surface area (Å²) < 4.78 is 15.9. The molecule has 0 saturated heterocycles. The van der Waals surface area contributed by atoms with Gasteiger partial charge in [0.25, 0.3) is 5.91 Å². The number of amides is 1. The molecule has 8 nitrogen and oxygen atoms in total. The molecular weight excluding hydrogens is 398 g/mol. The van der Waals surface area contributed by atoms with E-state index in [0.717, 1.165) is 16.8 Å². The number of anilines is 1. The molecule has 8 heteroatoms. The fourth-order valence-electron chi connectivity index (χ4n) is 2.79. The van der Waals surface area contributed by atoms with Crippen LogP contribution in [-0.2, 0) is 22.6 Å². The van der Waals surface area contributed by atoms with Gasteiger partial charge in [0.1, 0.15) is 18.1 Å². The van der Waals surface area contributed by atoms with Crippen LogP contribution in [0.5, 0.6) is 5.75 Å². The summed E-state index contributed by atoms with van der Waals surface area (Å²) in [5.41, 5.74) is 3.27. The first-order valence-electron chi connectivity index (χ1n) is 9.53. The van der Waals surface area contributed by atoms with Crippen LogP contribution in [-0.4, -0.2) is 23.6 Å². The molecule has 0 bridgehead atoms. The summed E-state index contributed by atoms with van der Waals surface area (Å²) in [4.78, 5) is 24.3. The van der Waals surface area contributed by atoms with Gasteiger partial charge < -0.3 is 19.3 Å². The maximum absolute atomic E-state index is 12.3. The first-order chi connectivity index (χ1) is 15.0. The largest absolute Gasteiger partial charge is 0.489 e. The van der Waals surface area contributed by atoms with E-state index in [1.807, 2.05) is 6.92 Å². The molecule has 3 rings (SSSR count). The Hall–Kier alpha value is -4.12. The average molecular weight is 419 g/mol. The van der Waals surface area contributed by atoms with E-state index in [1.165, 1.54) is 0 Å². The third kappa shape index (κ3) is 5.93. The van der Waals surface area contributed by atoms with Crippen LogP contribution in [0.4, 0.5) is 5.69 Å². The number of rotatable bonds is 8. The zero-order valence-corrected chi connectivity index (χ0v) is 17.2. The van der Waals surface area contributed by atoms with E-state index in [1.54, 1.807) is 55.5 Å². The summed E-state index contributed by atoms with van der Waals surface area (Å²) in [7, 11) is 0. The topological polar surface area (TPSA) is 114 Å². The molecule has 0 spiro atoms. The zero-order chi connectivity index (χ0) is 22.2. The average Bonchev–Trinajstić information content (AvgIpc) is 3.09. The first kappa shape index (κ1) is 21.6. The number of carbonyl (C=O) groups is 2. The summed E-state index contributed by atoms with van der Waals surface area (Å²) >= 11 is 0. The lowest BCUT2D eigenvalue weighted by Gasteiger charge is -2.09. The van der Waals surface area contributed by atoms with E-state index in [0.29, 0.717) is 23.6 Å². The summed E-state index contributed by atoms with van der Waals surface area (Å²) in [5, 5.41) is 15.2. The molecule has 158 valence electrons. The molecule has 0 fully saturated rings. The highest BCUT2D eigenvalue weighted by molar-refractivity contribution is 5.95. The summed E-state index contributed by atoms with van der Waals surface area (Å²) in [6, 6.07) is 15.4. The van der Waals surface area contributed by atoms with Gasteiger partial charge in [-0.1, -0.05) is 23.4 Å². The van der Waals surface area contributed by atoms with E-state index < -0.39 is 18.5 Å². The highest BCUT2D eigenvalue weighted by atomic mass is 16.5. The monoisotopic (exact) mass is 419 g/mol. The second-order valence-electron chi connectivity index (χ2n) is 6.78. The van der Waals surface area contributed by atoms with Crippen molar-refractivity contribution in [2.45, 2.75) is 26.9 Å². The normalized spacial score (nSPS) is 10.2. The molecule has 0 radical (unpaired) electrons. The molecule has 0 unspecified atom stereocenters. The van der Waals surface area contributed by atoms with Crippen LogP contribution in [0.25, 0.3) is 0 Å². The van der Waals surface area contributed by atoms with Crippen molar-refractivity contribution in [3.05, 3.63) is 76.7 Å². The van der Waals surface area contributed by atoms with Gasteiger partial charge in [-0.3, -0.25) is 4.79 Å². The van der Waals surface area contributed by atoms with Crippen LogP contribution in [0.3, 0.4) is 0 Å². The van der Waals surface area contributed by atoms with E-state index in [9.17, 15) is 9.59 Å². The fourth-order valence-corrected chi connectivity index (χ4v) is 2.79. The third-order valence-electron chi connectivity index (χ3n) is 4.49. The predicted octanol–water partition coefficient (Wildman–Crippen LogP) is 3.73. The van der Waals surface area contributed by atoms with Crippen LogP contribution in [0.2, 0.25) is 0 Å². The third-order valence-corrected chi connectivity index (χ3v) is 4.49. The van der Waals surface area contributed by atoms with Crippen molar-refractivity contribution in [1.29, 1.82) is 5.26 Å². The van der Waals surface area contributed by atoms with Crippen molar-refractivity contribution in [2.75, 3.05) is 11.9 Å². The van der Waals surface area contributed by atoms with Crippen molar-refractivity contribution in [3.8, 4) is 11.8 Å². The second-order valence-corrected chi connectivity index (χ2v) is 6.78. The van der Waals surface area contributed by atoms with Gasteiger partial charge in [0, 0.05) is 5.69 Å². The molecule has 0 aliphatic carbocycles. The number of carbonyl (C=O) groups excluding carboxylic acids is 2. The number of benzene rings is 2. The Kier molecular flexibility index (Phi) is 7.01.